The summed E-state index contributed by atoms with van der Waals surface area (Å²) in [7, 11) is 0. The van der Waals surface area contributed by atoms with Crippen LogP contribution in [0.3, 0.4) is 0 Å². The molecule has 2 aromatic heterocycles. The van der Waals surface area contributed by atoms with Gasteiger partial charge >= 0.3 is 0 Å². The van der Waals surface area contributed by atoms with E-state index in [0.717, 1.165) is 48.5 Å². The predicted octanol–water partition coefficient (Wildman–Crippen LogP) is 7.52. The summed E-state index contributed by atoms with van der Waals surface area (Å²) >= 11 is 6.91. The molecule has 0 aliphatic heterocycles. The molecule has 2 nitrogen and oxygen atoms in total. The van der Waals surface area contributed by atoms with Gasteiger partial charge in [0.25, 0.3) is 0 Å². The Hall–Kier alpha value is -2.04. The zero-order valence-corrected chi connectivity index (χ0v) is 15.5. The van der Waals surface area contributed by atoms with Crippen LogP contribution in [0, 0.1) is 0 Å². The Morgan fingerprint density at radius 2 is 1.38 bits per heavy atom. The Kier molecular flexibility index (Phi) is 3.12. The van der Waals surface area contributed by atoms with E-state index in [1.165, 1.54) is 0 Å². The van der Waals surface area contributed by atoms with Gasteiger partial charge in [-0.3, -0.25) is 0 Å². The Morgan fingerprint density at radius 3 is 2.21 bits per heavy atom. The largest absolute Gasteiger partial charge is 0.449 e. The number of furan rings is 2. The van der Waals surface area contributed by atoms with Gasteiger partial charge in [-0.15, -0.1) is 0 Å². The van der Waals surface area contributed by atoms with Gasteiger partial charge in [-0.1, -0.05) is 42.5 Å². The molecule has 0 bridgehead atoms. The van der Waals surface area contributed by atoms with E-state index < -0.39 is 0 Å². The summed E-state index contributed by atoms with van der Waals surface area (Å²) in [4.78, 5) is 0. The molecule has 5 rings (SSSR count). The minimum atomic E-state index is 0.713. The van der Waals surface area contributed by atoms with Gasteiger partial charge in [0, 0.05) is 21.7 Å². The van der Waals surface area contributed by atoms with Crippen molar-refractivity contribution in [3.05, 3.63) is 70.0 Å². The molecule has 0 amide bonds. The van der Waals surface area contributed by atoms with E-state index in [2.05, 4.69) is 62.2 Å². The van der Waals surface area contributed by atoms with Crippen LogP contribution >= 0.6 is 31.9 Å². The fourth-order valence-corrected chi connectivity index (χ4v) is 4.08. The lowest BCUT2D eigenvalue weighted by Gasteiger charge is -2.07. The van der Waals surface area contributed by atoms with Crippen LogP contribution in [0.25, 0.3) is 43.8 Å². The van der Waals surface area contributed by atoms with E-state index in [0.29, 0.717) is 4.67 Å². The second-order valence-corrected chi connectivity index (χ2v) is 7.28. The molecular weight excluding hydrogens is 432 g/mol. The van der Waals surface area contributed by atoms with Crippen LogP contribution in [0.2, 0.25) is 0 Å². The van der Waals surface area contributed by atoms with Crippen molar-refractivity contribution in [1.29, 1.82) is 0 Å². The minimum absolute atomic E-state index is 0.713. The lowest BCUT2D eigenvalue weighted by Crippen LogP contribution is -1.82. The maximum absolute atomic E-state index is 5.98. The molecule has 116 valence electrons. The molecule has 3 aromatic carbocycles. The van der Waals surface area contributed by atoms with Gasteiger partial charge in [0.05, 0.1) is 0 Å². The number of rotatable bonds is 1. The first kappa shape index (κ1) is 14.3. The highest BCUT2D eigenvalue weighted by molar-refractivity contribution is 9.10. The molecule has 0 unspecified atom stereocenters. The van der Waals surface area contributed by atoms with Crippen LogP contribution < -0.4 is 0 Å². The summed E-state index contributed by atoms with van der Waals surface area (Å²) < 4.78 is 13.3. The molecule has 0 saturated heterocycles. The average molecular weight is 442 g/mol. The lowest BCUT2D eigenvalue weighted by molar-refractivity contribution is 0.587. The van der Waals surface area contributed by atoms with Crippen molar-refractivity contribution in [2.45, 2.75) is 0 Å². The molecule has 0 radical (unpaired) electrons. The fourth-order valence-electron chi connectivity index (χ4n) is 3.28. The minimum Gasteiger partial charge on any atom is -0.449 e. The first-order chi connectivity index (χ1) is 11.7. The van der Waals surface area contributed by atoms with E-state index >= 15 is 0 Å². The molecule has 0 saturated carbocycles. The number of halogens is 2. The standard InChI is InChI=1S/C20H10Br2O2/c21-16-9-13-7-6-12-8-14(11-4-2-1-3-5-11)20-15(10-17(22)24-20)18(12)19(13)23-16/h1-10H. The SMILES string of the molecule is Brc1cc2c(o1)c(-c1ccccc1)cc1ccc3cc(Br)oc3c12. The third-order valence-corrected chi connectivity index (χ3v) is 5.07. The number of hydrogen-bond donors (Lipinski definition) is 0. The van der Waals surface area contributed by atoms with Crippen LogP contribution in [0.4, 0.5) is 0 Å². The van der Waals surface area contributed by atoms with Crippen molar-refractivity contribution in [3.63, 3.8) is 0 Å². The third-order valence-electron chi connectivity index (χ3n) is 4.29. The summed E-state index contributed by atoms with van der Waals surface area (Å²) in [6.45, 7) is 0. The summed E-state index contributed by atoms with van der Waals surface area (Å²) in [5.41, 5.74) is 3.94. The van der Waals surface area contributed by atoms with Gasteiger partial charge in [-0.25, -0.2) is 0 Å². The highest BCUT2D eigenvalue weighted by Crippen LogP contribution is 2.41. The van der Waals surface area contributed by atoms with Crippen molar-refractivity contribution < 1.29 is 8.83 Å². The van der Waals surface area contributed by atoms with Gasteiger partial charge in [-0.05, 0) is 61.0 Å². The summed E-state index contributed by atoms with van der Waals surface area (Å²) in [5.74, 6) is 0. The summed E-state index contributed by atoms with van der Waals surface area (Å²) in [6, 6.07) is 20.7. The molecule has 0 spiro atoms. The number of hydrogen-bond acceptors (Lipinski definition) is 2. The van der Waals surface area contributed by atoms with Gasteiger partial charge in [-0.2, -0.15) is 0 Å². The predicted molar refractivity (Wildman–Crippen MR) is 104 cm³/mol. The maximum Gasteiger partial charge on any atom is 0.170 e. The molecule has 24 heavy (non-hydrogen) atoms. The van der Waals surface area contributed by atoms with Crippen molar-refractivity contribution >= 4 is 64.6 Å². The monoisotopic (exact) mass is 440 g/mol. The van der Waals surface area contributed by atoms with Crippen molar-refractivity contribution in [3.8, 4) is 11.1 Å². The van der Waals surface area contributed by atoms with E-state index in [1.54, 1.807) is 0 Å². The smallest absolute Gasteiger partial charge is 0.170 e. The fraction of sp³-hybridized carbons (Fsp3) is 0. The van der Waals surface area contributed by atoms with E-state index in [9.17, 15) is 0 Å². The average Bonchev–Trinajstić information content (AvgIpc) is 3.15. The second-order valence-electron chi connectivity index (χ2n) is 5.72. The Labute approximate surface area is 154 Å². The maximum atomic E-state index is 5.98. The first-order valence-corrected chi connectivity index (χ1v) is 9.08. The van der Waals surface area contributed by atoms with Crippen LogP contribution in [0.1, 0.15) is 0 Å². The van der Waals surface area contributed by atoms with E-state index in [4.69, 9.17) is 8.83 Å². The Bertz CT molecular complexity index is 1220. The molecule has 4 heteroatoms. The molecule has 0 atom stereocenters. The molecule has 0 aliphatic rings. The highest BCUT2D eigenvalue weighted by atomic mass is 79.9. The van der Waals surface area contributed by atoms with Crippen LogP contribution in [0.5, 0.6) is 0 Å². The molecular formula is C20H10Br2O2. The summed E-state index contributed by atoms with van der Waals surface area (Å²) in [6.07, 6.45) is 0. The molecule has 5 aromatic rings. The lowest BCUT2D eigenvalue weighted by atomic mass is 9.97. The topological polar surface area (TPSA) is 26.3 Å². The normalized spacial score (nSPS) is 11.8. The van der Waals surface area contributed by atoms with Crippen molar-refractivity contribution in [2.24, 2.45) is 0 Å². The van der Waals surface area contributed by atoms with Crippen molar-refractivity contribution in [1.82, 2.24) is 0 Å². The van der Waals surface area contributed by atoms with E-state index in [-0.39, 0.29) is 0 Å². The number of benzene rings is 3. The molecule has 0 N–H and O–H groups in total. The highest BCUT2D eigenvalue weighted by Gasteiger charge is 2.17. The van der Waals surface area contributed by atoms with E-state index in [1.807, 2.05) is 30.3 Å². The zero-order valence-electron chi connectivity index (χ0n) is 12.3. The Morgan fingerprint density at radius 1 is 0.667 bits per heavy atom. The first-order valence-electron chi connectivity index (χ1n) is 7.50. The number of fused-ring (bicyclic) bond motifs is 5. The van der Waals surface area contributed by atoms with Crippen molar-refractivity contribution in [2.75, 3.05) is 0 Å². The van der Waals surface area contributed by atoms with Crippen LogP contribution in [-0.4, -0.2) is 0 Å². The van der Waals surface area contributed by atoms with Gasteiger partial charge in [0.1, 0.15) is 11.2 Å². The second kappa shape index (κ2) is 5.23. The summed E-state index contributed by atoms with van der Waals surface area (Å²) in [5, 5.41) is 4.32. The Balaban J connectivity index is 2.01. The third kappa shape index (κ3) is 2.06. The molecule has 2 heterocycles. The molecule has 0 fully saturated rings. The van der Waals surface area contributed by atoms with Crippen LogP contribution in [0.15, 0.2) is 78.8 Å². The molecule has 0 aliphatic carbocycles. The quantitative estimate of drug-likeness (QED) is 0.268. The van der Waals surface area contributed by atoms with Gasteiger partial charge in [0.2, 0.25) is 0 Å². The van der Waals surface area contributed by atoms with Gasteiger partial charge in [0.15, 0.2) is 9.34 Å². The van der Waals surface area contributed by atoms with Crippen LogP contribution in [-0.2, 0) is 0 Å². The zero-order chi connectivity index (χ0) is 16.3. The van der Waals surface area contributed by atoms with Gasteiger partial charge < -0.3 is 8.83 Å².